The second-order valence-corrected chi connectivity index (χ2v) is 4.87. The van der Waals surface area contributed by atoms with Crippen molar-refractivity contribution in [1.29, 1.82) is 0 Å². The second kappa shape index (κ2) is 6.80. The zero-order valence-corrected chi connectivity index (χ0v) is 12.0. The third-order valence-corrected chi connectivity index (χ3v) is 3.38. The summed E-state index contributed by atoms with van der Waals surface area (Å²) in [6, 6.07) is 2.58. The van der Waals surface area contributed by atoms with Crippen LogP contribution < -0.4 is 5.32 Å². The second-order valence-electron chi connectivity index (χ2n) is 4.02. The van der Waals surface area contributed by atoms with Crippen molar-refractivity contribution in [3.8, 4) is 0 Å². The highest BCUT2D eigenvalue weighted by Crippen LogP contribution is 2.27. The zero-order chi connectivity index (χ0) is 13.7. The average Bonchev–Trinajstić information content (AvgIpc) is 2.32. The largest absolute Gasteiger partial charge is 0.314 e. The number of nitrogens with one attached hydrogen (secondary N) is 1. The first-order chi connectivity index (χ1) is 8.49. The minimum absolute atomic E-state index is 0.0420. The molecule has 0 aliphatic heterocycles. The van der Waals surface area contributed by atoms with E-state index in [2.05, 4.69) is 21.2 Å². The molecule has 1 rings (SSSR count). The number of nitrogens with zero attached hydrogens (tertiary/aromatic N) is 1. The predicted molar refractivity (Wildman–Crippen MR) is 72.2 cm³/mol. The first-order valence-corrected chi connectivity index (χ1v) is 6.64. The zero-order valence-electron chi connectivity index (χ0n) is 10.4. The molecule has 4 nitrogen and oxygen atoms in total. The van der Waals surface area contributed by atoms with E-state index in [1.54, 1.807) is 0 Å². The maximum Gasteiger partial charge on any atom is 0.273 e. The van der Waals surface area contributed by atoms with Crippen molar-refractivity contribution in [2.75, 3.05) is 6.54 Å². The smallest absolute Gasteiger partial charge is 0.273 e. The van der Waals surface area contributed by atoms with Crippen molar-refractivity contribution in [1.82, 2.24) is 5.32 Å². The highest BCUT2D eigenvalue weighted by molar-refractivity contribution is 9.10. The van der Waals surface area contributed by atoms with Gasteiger partial charge in [-0.1, -0.05) is 13.8 Å². The van der Waals surface area contributed by atoms with Crippen LogP contribution in [0.2, 0.25) is 0 Å². The van der Waals surface area contributed by atoms with Gasteiger partial charge in [-0.15, -0.1) is 0 Å². The van der Waals surface area contributed by atoms with Gasteiger partial charge in [-0.3, -0.25) is 10.1 Å². The number of hydrogen-bond acceptors (Lipinski definition) is 3. The van der Waals surface area contributed by atoms with Crippen LogP contribution >= 0.6 is 15.9 Å². The van der Waals surface area contributed by atoms with Crippen molar-refractivity contribution in [3.05, 3.63) is 38.1 Å². The van der Waals surface area contributed by atoms with Crippen LogP contribution in [0, 0.1) is 15.9 Å². The minimum Gasteiger partial charge on any atom is -0.314 e. The van der Waals surface area contributed by atoms with Gasteiger partial charge in [-0.25, -0.2) is 4.39 Å². The number of halogens is 2. The Morgan fingerprint density at radius 2 is 2.17 bits per heavy atom. The van der Waals surface area contributed by atoms with Gasteiger partial charge >= 0.3 is 0 Å². The molecule has 6 heteroatoms. The van der Waals surface area contributed by atoms with Crippen LogP contribution in [-0.2, 0) is 6.42 Å². The molecule has 100 valence electrons. The summed E-state index contributed by atoms with van der Waals surface area (Å²) in [6.45, 7) is 4.75. The molecule has 0 bridgehead atoms. The van der Waals surface area contributed by atoms with Gasteiger partial charge in [0.2, 0.25) is 0 Å². The molecular formula is C12H16BrFN2O2. The maximum atomic E-state index is 13.5. The first kappa shape index (κ1) is 15.0. The summed E-state index contributed by atoms with van der Waals surface area (Å²) in [5.41, 5.74) is 0.383. The molecule has 0 saturated carbocycles. The molecule has 0 saturated heterocycles. The van der Waals surface area contributed by atoms with Gasteiger partial charge < -0.3 is 5.32 Å². The summed E-state index contributed by atoms with van der Waals surface area (Å²) in [6.07, 6.45) is 1.29. The fourth-order valence-corrected chi connectivity index (χ4v) is 2.16. The topological polar surface area (TPSA) is 55.2 Å². The van der Waals surface area contributed by atoms with E-state index in [1.807, 2.05) is 13.8 Å². The Kier molecular flexibility index (Phi) is 5.68. The fraction of sp³-hybridized carbons (Fsp3) is 0.500. The van der Waals surface area contributed by atoms with Crippen LogP contribution in [0.15, 0.2) is 16.6 Å². The summed E-state index contributed by atoms with van der Waals surface area (Å²) in [4.78, 5) is 10.5. The van der Waals surface area contributed by atoms with E-state index in [-0.39, 0.29) is 16.2 Å². The summed E-state index contributed by atoms with van der Waals surface area (Å²) >= 11 is 2.97. The first-order valence-electron chi connectivity index (χ1n) is 5.85. The molecular weight excluding hydrogens is 303 g/mol. The highest BCUT2D eigenvalue weighted by atomic mass is 79.9. The Bertz CT molecular complexity index is 440. The number of nitro groups is 1. The maximum absolute atomic E-state index is 13.5. The molecule has 1 aromatic carbocycles. The normalized spacial score (nSPS) is 12.4. The molecule has 0 heterocycles. The Hall–Kier alpha value is -1.01. The third kappa shape index (κ3) is 3.74. The van der Waals surface area contributed by atoms with Gasteiger partial charge in [-0.2, -0.15) is 0 Å². The van der Waals surface area contributed by atoms with E-state index >= 15 is 0 Å². The molecule has 1 atom stereocenters. The van der Waals surface area contributed by atoms with Crippen LogP contribution in [0.5, 0.6) is 0 Å². The number of likely N-dealkylation sites (N-methyl/N-ethyl adjacent to an activating group) is 1. The van der Waals surface area contributed by atoms with E-state index in [4.69, 9.17) is 0 Å². The quantitative estimate of drug-likeness (QED) is 0.645. The lowest BCUT2D eigenvalue weighted by molar-refractivity contribution is -0.385. The lowest BCUT2D eigenvalue weighted by atomic mass is 10.0. The van der Waals surface area contributed by atoms with Gasteiger partial charge in [-0.05, 0) is 41.4 Å². The Labute approximate surface area is 114 Å². The summed E-state index contributed by atoms with van der Waals surface area (Å²) in [5, 5.41) is 14.2. The molecule has 18 heavy (non-hydrogen) atoms. The predicted octanol–water partition coefficient (Wildman–Crippen LogP) is 3.43. The van der Waals surface area contributed by atoms with Crippen LogP contribution in [-0.4, -0.2) is 17.5 Å². The monoisotopic (exact) mass is 318 g/mol. The molecule has 0 spiro atoms. The van der Waals surface area contributed by atoms with E-state index in [0.717, 1.165) is 13.0 Å². The number of rotatable bonds is 6. The van der Waals surface area contributed by atoms with Gasteiger partial charge in [0.25, 0.3) is 5.69 Å². The van der Waals surface area contributed by atoms with Crippen molar-refractivity contribution in [2.24, 2.45) is 0 Å². The molecule has 0 radical (unpaired) electrons. The minimum atomic E-state index is -0.474. The molecule has 0 aliphatic carbocycles. The van der Waals surface area contributed by atoms with Crippen molar-refractivity contribution in [2.45, 2.75) is 32.7 Å². The summed E-state index contributed by atoms with van der Waals surface area (Å²) < 4.78 is 13.6. The lowest BCUT2D eigenvalue weighted by Gasteiger charge is -2.16. The Morgan fingerprint density at radius 3 is 2.67 bits per heavy atom. The van der Waals surface area contributed by atoms with Crippen LogP contribution in [0.1, 0.15) is 25.8 Å². The number of nitro benzene ring substituents is 1. The number of hydrogen-bond donors (Lipinski definition) is 1. The van der Waals surface area contributed by atoms with Crippen LogP contribution in [0.3, 0.4) is 0 Å². The van der Waals surface area contributed by atoms with E-state index in [1.165, 1.54) is 12.1 Å². The van der Waals surface area contributed by atoms with Gasteiger partial charge in [0.15, 0.2) is 0 Å². The number of benzene rings is 1. The van der Waals surface area contributed by atoms with E-state index < -0.39 is 10.7 Å². The van der Waals surface area contributed by atoms with Crippen LogP contribution in [0.25, 0.3) is 0 Å². The fourth-order valence-electron chi connectivity index (χ4n) is 1.83. The van der Waals surface area contributed by atoms with Gasteiger partial charge in [0.05, 0.1) is 9.40 Å². The SMILES string of the molecule is CCNC(CC)Cc1cc(F)c(Br)cc1[N+](=O)[O-]. The molecule has 1 unspecified atom stereocenters. The molecule has 0 aliphatic rings. The summed E-state index contributed by atoms with van der Waals surface area (Å²) in [7, 11) is 0. The average molecular weight is 319 g/mol. The lowest BCUT2D eigenvalue weighted by Crippen LogP contribution is -2.30. The highest BCUT2D eigenvalue weighted by Gasteiger charge is 2.19. The molecule has 0 aromatic heterocycles. The third-order valence-electron chi connectivity index (χ3n) is 2.77. The Balaban J connectivity index is 3.06. The summed E-state index contributed by atoms with van der Waals surface area (Å²) in [5.74, 6) is -0.470. The van der Waals surface area contributed by atoms with Gasteiger partial charge in [0.1, 0.15) is 5.82 Å². The molecule has 1 N–H and O–H groups in total. The molecule has 0 amide bonds. The van der Waals surface area contributed by atoms with E-state index in [9.17, 15) is 14.5 Å². The Morgan fingerprint density at radius 1 is 1.50 bits per heavy atom. The van der Waals surface area contributed by atoms with Crippen LogP contribution in [0.4, 0.5) is 10.1 Å². The molecule has 1 aromatic rings. The standard InChI is InChI=1S/C12H16BrFN2O2/c1-3-9(15-4-2)5-8-6-11(14)10(13)7-12(8)16(17)18/h6-7,9,15H,3-5H2,1-2H3. The molecule has 0 fully saturated rings. The van der Waals surface area contributed by atoms with E-state index in [0.29, 0.717) is 12.0 Å². The van der Waals surface area contributed by atoms with Crippen molar-refractivity contribution >= 4 is 21.6 Å². The van der Waals surface area contributed by atoms with Crippen molar-refractivity contribution in [3.63, 3.8) is 0 Å². The van der Waals surface area contributed by atoms with Crippen molar-refractivity contribution < 1.29 is 9.31 Å². The van der Waals surface area contributed by atoms with Gasteiger partial charge in [0, 0.05) is 17.7 Å².